The molecule has 1 unspecified atom stereocenters. The maximum absolute atomic E-state index is 10.6. The molecule has 0 aromatic heterocycles. The van der Waals surface area contributed by atoms with Crippen LogP contribution in [-0.2, 0) is 28.0 Å². The van der Waals surface area contributed by atoms with Crippen LogP contribution in [0.5, 0.6) is 0 Å². The third kappa shape index (κ3) is 3.68. The van der Waals surface area contributed by atoms with E-state index in [1.54, 1.807) is 24.3 Å². The molecule has 3 N–H and O–H groups in total. The number of rotatable bonds is 4. The Morgan fingerprint density at radius 1 is 1.43 bits per heavy atom. The van der Waals surface area contributed by atoms with Crippen LogP contribution in [0.2, 0.25) is 0 Å². The molecule has 0 fully saturated rings. The van der Waals surface area contributed by atoms with Crippen molar-refractivity contribution in [3.8, 4) is 0 Å². The van der Waals surface area contributed by atoms with Crippen molar-refractivity contribution in [2.75, 3.05) is 0 Å². The zero-order valence-electron chi connectivity index (χ0n) is 7.47. The van der Waals surface area contributed by atoms with Gasteiger partial charge < -0.3 is 10.3 Å². The Labute approximate surface area is 84.4 Å². The zero-order valence-corrected chi connectivity index (χ0v) is 8.29. The minimum Gasteiger partial charge on any atom is -0.369 e. The van der Waals surface area contributed by atoms with Crippen LogP contribution in [-0.4, -0.2) is 14.7 Å². The monoisotopic (exact) mass is 213 g/mol. The van der Waals surface area contributed by atoms with Gasteiger partial charge in [-0.2, -0.15) is 0 Å². The number of hydrogen-bond donors (Lipinski definition) is 2. The van der Waals surface area contributed by atoms with Gasteiger partial charge in [-0.25, -0.2) is 4.21 Å². The van der Waals surface area contributed by atoms with Crippen molar-refractivity contribution in [2.24, 2.45) is 5.73 Å². The molecule has 0 saturated carbocycles. The van der Waals surface area contributed by atoms with Crippen LogP contribution >= 0.6 is 0 Å². The first-order valence-electron chi connectivity index (χ1n) is 4.01. The van der Waals surface area contributed by atoms with Crippen LogP contribution in [0.4, 0.5) is 0 Å². The Hall–Kier alpha value is -1.20. The van der Waals surface area contributed by atoms with Crippen LogP contribution in [0.1, 0.15) is 11.1 Å². The molecule has 14 heavy (non-hydrogen) atoms. The largest absolute Gasteiger partial charge is 0.369 e. The Bertz CT molecular complexity index is 334. The standard InChI is InChI=1S/C9H11NO3S/c10-9(11)5-7-2-1-3-8(4-7)6-14(12)13/h1-4H,5-6H2,(H2,10,11)(H,12,13). The molecule has 0 aliphatic heterocycles. The van der Waals surface area contributed by atoms with Crippen molar-refractivity contribution in [1.29, 1.82) is 0 Å². The summed E-state index contributed by atoms with van der Waals surface area (Å²) >= 11 is -1.85. The van der Waals surface area contributed by atoms with E-state index in [0.717, 1.165) is 11.1 Å². The van der Waals surface area contributed by atoms with E-state index in [2.05, 4.69) is 0 Å². The summed E-state index contributed by atoms with van der Waals surface area (Å²) in [5, 5.41) is 0. The Morgan fingerprint density at radius 2 is 2.07 bits per heavy atom. The molecule has 1 amide bonds. The molecule has 0 heterocycles. The smallest absolute Gasteiger partial charge is 0.221 e. The maximum atomic E-state index is 10.6. The van der Waals surface area contributed by atoms with Gasteiger partial charge in [-0.3, -0.25) is 4.79 Å². The second-order valence-corrected chi connectivity index (χ2v) is 3.86. The van der Waals surface area contributed by atoms with Crippen LogP contribution in [0.15, 0.2) is 24.3 Å². The summed E-state index contributed by atoms with van der Waals surface area (Å²) in [6, 6.07) is 6.94. The second kappa shape index (κ2) is 4.88. The summed E-state index contributed by atoms with van der Waals surface area (Å²) in [6.07, 6.45) is 0.159. The number of carbonyl (C=O) groups excluding carboxylic acids is 1. The summed E-state index contributed by atoms with van der Waals surface area (Å²) in [5.41, 5.74) is 6.52. The van der Waals surface area contributed by atoms with Crippen molar-refractivity contribution >= 4 is 17.0 Å². The number of primary amides is 1. The molecule has 0 saturated heterocycles. The van der Waals surface area contributed by atoms with Crippen molar-refractivity contribution in [3.05, 3.63) is 35.4 Å². The van der Waals surface area contributed by atoms with E-state index in [0.29, 0.717) is 0 Å². The van der Waals surface area contributed by atoms with E-state index >= 15 is 0 Å². The van der Waals surface area contributed by atoms with Crippen LogP contribution in [0.25, 0.3) is 0 Å². The molecule has 5 heteroatoms. The third-order valence-electron chi connectivity index (χ3n) is 1.66. The number of hydrogen-bond acceptors (Lipinski definition) is 2. The Balaban J connectivity index is 2.78. The van der Waals surface area contributed by atoms with Gasteiger partial charge in [0.1, 0.15) is 0 Å². The highest BCUT2D eigenvalue weighted by Crippen LogP contribution is 2.07. The van der Waals surface area contributed by atoms with Gasteiger partial charge in [-0.15, -0.1) is 0 Å². The van der Waals surface area contributed by atoms with Crippen LogP contribution in [0, 0.1) is 0 Å². The quantitative estimate of drug-likeness (QED) is 0.712. The van der Waals surface area contributed by atoms with Crippen LogP contribution < -0.4 is 5.73 Å². The van der Waals surface area contributed by atoms with Crippen LogP contribution in [0.3, 0.4) is 0 Å². The van der Waals surface area contributed by atoms with E-state index in [-0.39, 0.29) is 12.2 Å². The summed E-state index contributed by atoms with van der Waals surface area (Å²) in [5.74, 6) is -0.334. The van der Waals surface area contributed by atoms with Gasteiger partial charge in [0.05, 0.1) is 12.2 Å². The summed E-state index contributed by atoms with van der Waals surface area (Å²) < 4.78 is 19.2. The Kier molecular flexibility index (Phi) is 3.79. The molecular formula is C9H11NO3S. The lowest BCUT2D eigenvalue weighted by Gasteiger charge is -2.01. The molecule has 0 radical (unpaired) electrons. The molecule has 0 aliphatic rings. The first-order valence-corrected chi connectivity index (χ1v) is 5.29. The van der Waals surface area contributed by atoms with Gasteiger partial charge in [0, 0.05) is 0 Å². The predicted molar refractivity (Wildman–Crippen MR) is 53.8 cm³/mol. The number of benzene rings is 1. The molecule has 1 aromatic carbocycles. The fourth-order valence-electron chi connectivity index (χ4n) is 1.17. The number of nitrogens with two attached hydrogens (primary N) is 1. The SMILES string of the molecule is NC(=O)Cc1cccc(CS(=O)O)c1. The first-order chi connectivity index (χ1) is 6.58. The fraction of sp³-hybridized carbons (Fsp3) is 0.222. The topological polar surface area (TPSA) is 80.4 Å². The average molecular weight is 213 g/mol. The second-order valence-electron chi connectivity index (χ2n) is 2.93. The van der Waals surface area contributed by atoms with Gasteiger partial charge in [-0.05, 0) is 11.1 Å². The van der Waals surface area contributed by atoms with Crippen molar-refractivity contribution in [2.45, 2.75) is 12.2 Å². The Morgan fingerprint density at radius 3 is 2.64 bits per heavy atom. The average Bonchev–Trinajstić information content (AvgIpc) is 2.01. The molecule has 4 nitrogen and oxygen atoms in total. The minimum absolute atomic E-state index is 0.0760. The first kappa shape index (κ1) is 10.9. The molecule has 76 valence electrons. The fourth-order valence-corrected chi connectivity index (χ4v) is 1.64. The zero-order chi connectivity index (χ0) is 10.6. The van der Waals surface area contributed by atoms with Gasteiger partial charge in [0.25, 0.3) is 0 Å². The third-order valence-corrected chi connectivity index (χ3v) is 2.24. The highest BCUT2D eigenvalue weighted by Gasteiger charge is 2.01. The van der Waals surface area contributed by atoms with E-state index in [9.17, 15) is 9.00 Å². The van der Waals surface area contributed by atoms with Crippen molar-refractivity contribution in [1.82, 2.24) is 0 Å². The van der Waals surface area contributed by atoms with Gasteiger partial charge >= 0.3 is 0 Å². The van der Waals surface area contributed by atoms with E-state index in [1.165, 1.54) is 0 Å². The van der Waals surface area contributed by atoms with Crippen molar-refractivity contribution in [3.63, 3.8) is 0 Å². The molecule has 1 aromatic rings. The maximum Gasteiger partial charge on any atom is 0.221 e. The summed E-state index contributed by atoms with van der Waals surface area (Å²) in [6.45, 7) is 0. The highest BCUT2D eigenvalue weighted by atomic mass is 32.2. The molecular weight excluding hydrogens is 202 g/mol. The molecule has 1 atom stereocenters. The van der Waals surface area contributed by atoms with E-state index in [1.807, 2.05) is 0 Å². The number of carbonyl (C=O) groups is 1. The van der Waals surface area contributed by atoms with E-state index in [4.69, 9.17) is 10.3 Å². The number of amides is 1. The lowest BCUT2D eigenvalue weighted by atomic mass is 10.1. The lowest BCUT2D eigenvalue weighted by molar-refractivity contribution is -0.117. The molecule has 0 bridgehead atoms. The normalized spacial score (nSPS) is 12.4. The van der Waals surface area contributed by atoms with E-state index < -0.39 is 17.0 Å². The molecule has 0 aliphatic carbocycles. The molecule has 0 spiro atoms. The summed E-state index contributed by atoms with van der Waals surface area (Å²) in [4.78, 5) is 10.6. The highest BCUT2D eigenvalue weighted by molar-refractivity contribution is 7.78. The predicted octanol–water partition coefficient (Wildman–Crippen LogP) is 0.436. The minimum atomic E-state index is -1.85. The van der Waals surface area contributed by atoms with Gasteiger partial charge in [-0.1, -0.05) is 24.3 Å². The molecule has 1 rings (SSSR count). The van der Waals surface area contributed by atoms with Gasteiger partial charge in [0.2, 0.25) is 5.91 Å². The van der Waals surface area contributed by atoms with Gasteiger partial charge in [0.15, 0.2) is 11.1 Å². The lowest BCUT2D eigenvalue weighted by Crippen LogP contribution is -2.13. The van der Waals surface area contributed by atoms with Crippen molar-refractivity contribution < 1.29 is 13.6 Å². The summed E-state index contributed by atoms with van der Waals surface area (Å²) in [7, 11) is 0.